The van der Waals surface area contributed by atoms with Gasteiger partial charge in [-0.05, 0) is 0 Å². The van der Waals surface area contributed by atoms with E-state index < -0.39 is 10.2 Å². The summed E-state index contributed by atoms with van der Waals surface area (Å²) in [4.78, 5) is 10.9. The molecule has 0 aromatic heterocycles. The number of ether oxygens (including phenoxy) is 2. The largest absolute Gasteiger partial charge is 0.222 e. The summed E-state index contributed by atoms with van der Waals surface area (Å²) in [6.45, 7) is 13.5. The quantitative estimate of drug-likeness (QED) is 0.197. The fourth-order valence-corrected chi connectivity index (χ4v) is 1.27. The molecule has 1 aliphatic rings. The first-order chi connectivity index (χ1) is 11.8. The molecule has 12 heteroatoms. The maximum absolute atomic E-state index is 10.9. The Bertz CT molecular complexity index is 442. The molecule has 0 spiro atoms. The molecule has 0 aromatic rings. The van der Waals surface area contributed by atoms with Gasteiger partial charge in [0, 0.05) is 29.1 Å². The van der Waals surface area contributed by atoms with E-state index in [1.54, 1.807) is 7.11 Å². The van der Waals surface area contributed by atoms with E-state index in [0.29, 0.717) is 6.42 Å². The smallest absolute Gasteiger partial charge is 0 e. The number of carbonyl (C=O) groups is 1. The van der Waals surface area contributed by atoms with E-state index in [1.807, 2.05) is 18.6 Å². The first-order valence-electron chi connectivity index (χ1n) is 5.83. The van der Waals surface area contributed by atoms with Crippen LogP contribution in [-0.2, 0) is 45.3 Å². The number of hydrogen-bond donors (Lipinski definition) is 0. The Morgan fingerprint density at radius 3 is 1.85 bits per heavy atom. The molecule has 10 nitrogen and oxygen atoms in total. The minimum atomic E-state index is -4.94. The Hall–Kier alpha value is -1.51. The average Bonchev–Trinajstić information content (AvgIpc) is 2.63. The minimum Gasteiger partial charge on any atom is -0.222 e. The van der Waals surface area contributed by atoms with Crippen molar-refractivity contribution in [1.29, 1.82) is 0 Å². The van der Waals surface area contributed by atoms with Crippen LogP contribution < -0.4 is 18.6 Å². The van der Waals surface area contributed by atoms with Gasteiger partial charge in [-0.25, -0.2) is 18.6 Å². The maximum Gasteiger partial charge on any atom is 0 e. The molecule has 1 rings (SSSR count). The maximum atomic E-state index is 10.9. The number of methoxy groups -OCH3 is 2. The van der Waals surface area contributed by atoms with Crippen LogP contribution in [0.1, 0.15) is 19.3 Å². The third-order valence-electron chi connectivity index (χ3n) is 2.16. The van der Waals surface area contributed by atoms with E-state index in [0.717, 1.165) is 18.6 Å². The normalized spacial score (nSPS) is 10.6. The molecule has 1 aliphatic carbocycles. The van der Waals surface area contributed by atoms with E-state index in [4.69, 9.17) is 37.3 Å². The van der Waals surface area contributed by atoms with Crippen molar-refractivity contribution in [2.45, 2.75) is 19.3 Å². The molecule has 0 bridgehead atoms. The van der Waals surface area contributed by atoms with Crippen LogP contribution in [-0.4, -0.2) is 20.2 Å². The molecule has 0 N–H and O–H groups in total. The summed E-state index contributed by atoms with van der Waals surface area (Å²) in [5.74, 6) is 0.722. The van der Waals surface area contributed by atoms with Gasteiger partial charge in [0.2, 0.25) is 5.76 Å². The summed E-state index contributed by atoms with van der Waals surface area (Å²) in [5, 5.41) is 0. The Kier molecular flexibility index (Phi) is 35.2. The van der Waals surface area contributed by atoms with Crippen LogP contribution in [0.25, 0.3) is 0 Å². The van der Waals surface area contributed by atoms with E-state index in [9.17, 15) is 4.79 Å². The van der Waals surface area contributed by atoms with Crippen molar-refractivity contribution >= 4 is 5.97 Å². The number of halogens is 1. The Balaban J connectivity index is -0.000000104. The van der Waals surface area contributed by atoms with Crippen molar-refractivity contribution in [3.05, 3.63) is 49.9 Å². The number of esters is 1. The Morgan fingerprint density at radius 2 is 1.58 bits per heavy atom. The molecular formula is C14H15ClFeO10. The van der Waals surface area contributed by atoms with Gasteiger partial charge in [-0.15, -0.1) is 10.2 Å². The van der Waals surface area contributed by atoms with Gasteiger partial charge < -0.3 is 9.47 Å². The fraction of sp³-hybridized carbons (Fsp3) is 0.357. The summed E-state index contributed by atoms with van der Waals surface area (Å²) in [7, 11) is -1.89. The summed E-state index contributed by atoms with van der Waals surface area (Å²) < 4.78 is 66.1. The van der Waals surface area contributed by atoms with Crippen LogP contribution >= 0.6 is 0 Å². The Morgan fingerprint density at radius 1 is 1.15 bits per heavy atom. The molecule has 0 radical (unpaired) electrons. The Labute approximate surface area is 163 Å². The predicted molar refractivity (Wildman–Crippen MR) is 65.1 cm³/mol. The molecule has 0 saturated carbocycles. The minimum absolute atomic E-state index is 0. The van der Waals surface area contributed by atoms with Gasteiger partial charge >= 0.3 is 39.9 Å². The summed E-state index contributed by atoms with van der Waals surface area (Å²) >= 11 is 0. The molecule has 0 saturated heterocycles. The van der Waals surface area contributed by atoms with Gasteiger partial charge in [0.1, 0.15) is 0 Å². The van der Waals surface area contributed by atoms with Crippen LogP contribution in [0.15, 0.2) is 23.5 Å². The zero-order valence-electron chi connectivity index (χ0n) is 13.7. The molecule has 0 amide bonds. The first kappa shape index (κ1) is 35.6. The second kappa shape index (κ2) is 25.7. The summed E-state index contributed by atoms with van der Waals surface area (Å²) in [6.07, 6.45) is 7.99. The van der Waals surface area contributed by atoms with Crippen molar-refractivity contribution in [1.82, 2.24) is 0 Å². The molecule has 146 valence electrons. The van der Waals surface area contributed by atoms with E-state index in [-0.39, 0.29) is 23.0 Å². The van der Waals surface area contributed by atoms with E-state index in [1.165, 1.54) is 12.7 Å². The van der Waals surface area contributed by atoms with Crippen LogP contribution in [0.3, 0.4) is 0 Å². The van der Waals surface area contributed by atoms with Crippen molar-refractivity contribution in [2.75, 3.05) is 14.2 Å². The molecule has 0 aromatic carbocycles. The third-order valence-corrected chi connectivity index (χ3v) is 2.16. The van der Waals surface area contributed by atoms with E-state index in [2.05, 4.69) is 24.7 Å². The number of carbonyl (C=O) groups excluding carboxylic acids is 1. The van der Waals surface area contributed by atoms with Crippen molar-refractivity contribution < 1.29 is 74.2 Å². The summed E-state index contributed by atoms with van der Waals surface area (Å²) in [5.41, 5.74) is 1.23. The van der Waals surface area contributed by atoms with Crippen molar-refractivity contribution in [2.24, 2.45) is 0 Å². The molecule has 0 unspecified atom stereocenters. The van der Waals surface area contributed by atoms with Gasteiger partial charge in [0.15, 0.2) is 0 Å². The molecule has 0 aliphatic heterocycles. The predicted octanol–water partition coefficient (Wildman–Crippen LogP) is -2.87. The second-order valence-corrected chi connectivity index (χ2v) is 4.22. The zero-order chi connectivity index (χ0) is 20.9. The average molecular weight is 435 g/mol. The van der Waals surface area contributed by atoms with Crippen molar-refractivity contribution in [3.63, 3.8) is 0 Å². The third kappa shape index (κ3) is 34.0. The van der Waals surface area contributed by atoms with Gasteiger partial charge in [-0.2, -0.15) is 0 Å². The number of allylic oxidation sites excluding steroid dienone is 3. The van der Waals surface area contributed by atoms with Gasteiger partial charge in [-0.3, -0.25) is 4.79 Å². The van der Waals surface area contributed by atoms with E-state index >= 15 is 0 Å². The molecule has 0 atom stereocenters. The molecule has 0 fully saturated rings. The van der Waals surface area contributed by atoms with Gasteiger partial charge in [-0.1, -0.05) is 0 Å². The van der Waals surface area contributed by atoms with Gasteiger partial charge in [0.25, 0.3) is 0 Å². The number of rotatable bonds is 4. The second-order valence-electron chi connectivity index (χ2n) is 3.46. The molecular weight excluding hydrogens is 419 g/mol. The zero-order valence-corrected chi connectivity index (χ0v) is 15.5. The van der Waals surface area contributed by atoms with Crippen LogP contribution in [0.2, 0.25) is 0 Å². The van der Waals surface area contributed by atoms with Crippen LogP contribution in [0, 0.1) is 36.6 Å². The first-order valence-corrected chi connectivity index (χ1v) is 7.06. The fourth-order valence-electron chi connectivity index (χ4n) is 1.27. The SMILES string of the molecule is COC(=O)CCC1=C[CH+]C(OC)=CC1.[C-]#[O+].[C-]#[O+].[C-]#[O+].[Fe].[O-][Cl+3]([O-])([O-])[O-]. The number of hydrogen-bond acceptors (Lipinski definition) is 7. The van der Waals surface area contributed by atoms with Crippen LogP contribution in [0.4, 0.5) is 0 Å². The summed E-state index contributed by atoms with van der Waals surface area (Å²) in [6, 6.07) is 0. The molecule has 26 heavy (non-hydrogen) atoms. The van der Waals surface area contributed by atoms with Crippen molar-refractivity contribution in [3.8, 4) is 0 Å². The monoisotopic (exact) mass is 434 g/mol. The standard InChI is InChI=1S/C11H15O3.3CO.ClHO4.Fe/c1-13-10-6-3-9(4-7-10)5-8-11(12)14-2;3*1-2;2-1(3,4)5;/h3,6-7H,4-5,8H2,1-2H3;;;;(H,2,3,4,5);/q+1;;;;;/p-1. The topological polar surface area (TPSA) is 187 Å². The van der Waals surface area contributed by atoms with Crippen LogP contribution in [0.5, 0.6) is 0 Å². The van der Waals surface area contributed by atoms with Gasteiger partial charge in [0.05, 0.1) is 45.6 Å². The molecule has 0 heterocycles.